The van der Waals surface area contributed by atoms with Crippen LogP contribution in [0.4, 0.5) is 0 Å². The van der Waals surface area contributed by atoms with E-state index in [1.807, 2.05) is 49.4 Å². The first kappa shape index (κ1) is 14.8. The van der Waals surface area contributed by atoms with Gasteiger partial charge >= 0.3 is 0 Å². The number of rotatable bonds is 3. The third-order valence-corrected chi connectivity index (χ3v) is 3.08. The molecule has 3 nitrogen and oxygen atoms in total. The Labute approximate surface area is 124 Å². The second-order valence-corrected chi connectivity index (χ2v) is 4.65. The standard InChI is InChI=1S/C18H17NO2/c1-14(19-18(21)16-9-3-2-4-10-16)17-11-5-7-15(13-17)8-6-12-20/h2-5,7,9-11,13-14,20H,12H2,1H3,(H,19,21). The van der Waals surface area contributed by atoms with Crippen LogP contribution < -0.4 is 5.32 Å². The molecule has 0 bridgehead atoms. The van der Waals surface area contributed by atoms with Gasteiger partial charge in [0.25, 0.3) is 5.91 Å². The molecule has 0 aliphatic carbocycles. The summed E-state index contributed by atoms with van der Waals surface area (Å²) in [6.07, 6.45) is 0. The van der Waals surface area contributed by atoms with Crippen molar-refractivity contribution >= 4 is 5.91 Å². The van der Waals surface area contributed by atoms with Gasteiger partial charge in [-0.15, -0.1) is 0 Å². The predicted octanol–water partition coefficient (Wildman–Crippen LogP) is 2.52. The lowest BCUT2D eigenvalue weighted by Crippen LogP contribution is -2.26. The monoisotopic (exact) mass is 279 g/mol. The molecular weight excluding hydrogens is 262 g/mol. The Hall–Kier alpha value is -2.57. The first-order chi connectivity index (χ1) is 10.2. The summed E-state index contributed by atoms with van der Waals surface area (Å²) in [5, 5.41) is 11.7. The number of hydrogen-bond acceptors (Lipinski definition) is 2. The number of aliphatic hydroxyl groups excluding tert-OH is 1. The van der Waals surface area contributed by atoms with Crippen molar-refractivity contribution in [2.45, 2.75) is 13.0 Å². The van der Waals surface area contributed by atoms with E-state index in [0.29, 0.717) is 5.56 Å². The zero-order chi connectivity index (χ0) is 15.1. The fourth-order valence-corrected chi connectivity index (χ4v) is 1.98. The smallest absolute Gasteiger partial charge is 0.251 e. The Morgan fingerprint density at radius 2 is 1.95 bits per heavy atom. The molecule has 2 rings (SSSR count). The van der Waals surface area contributed by atoms with Gasteiger partial charge in [-0.05, 0) is 36.8 Å². The van der Waals surface area contributed by atoms with E-state index >= 15 is 0 Å². The lowest BCUT2D eigenvalue weighted by molar-refractivity contribution is 0.0940. The maximum absolute atomic E-state index is 12.1. The number of hydrogen-bond donors (Lipinski definition) is 2. The Balaban J connectivity index is 2.10. The maximum Gasteiger partial charge on any atom is 0.251 e. The third kappa shape index (κ3) is 4.20. The summed E-state index contributed by atoms with van der Waals surface area (Å²) in [5.74, 6) is 5.38. The molecule has 0 saturated carbocycles. The molecule has 106 valence electrons. The van der Waals surface area contributed by atoms with Gasteiger partial charge in [0.2, 0.25) is 0 Å². The fourth-order valence-electron chi connectivity index (χ4n) is 1.98. The van der Waals surface area contributed by atoms with Gasteiger partial charge in [0.05, 0.1) is 6.04 Å². The van der Waals surface area contributed by atoms with E-state index < -0.39 is 0 Å². The average Bonchev–Trinajstić information content (AvgIpc) is 2.54. The maximum atomic E-state index is 12.1. The largest absolute Gasteiger partial charge is 0.384 e. The number of amides is 1. The second kappa shape index (κ2) is 7.28. The molecule has 0 heterocycles. The molecule has 2 aromatic carbocycles. The third-order valence-electron chi connectivity index (χ3n) is 3.08. The SMILES string of the molecule is CC(NC(=O)c1ccccc1)c1cccc(C#CCO)c1. The Kier molecular flexibility index (Phi) is 5.14. The van der Waals surface area contributed by atoms with Gasteiger partial charge in [-0.2, -0.15) is 0 Å². The predicted molar refractivity (Wildman–Crippen MR) is 82.7 cm³/mol. The van der Waals surface area contributed by atoms with Crippen molar-refractivity contribution in [3.05, 3.63) is 71.3 Å². The van der Waals surface area contributed by atoms with Crippen LogP contribution in [0.5, 0.6) is 0 Å². The lowest BCUT2D eigenvalue weighted by atomic mass is 10.0. The molecule has 0 saturated heterocycles. The zero-order valence-corrected chi connectivity index (χ0v) is 11.8. The second-order valence-electron chi connectivity index (χ2n) is 4.65. The van der Waals surface area contributed by atoms with Gasteiger partial charge < -0.3 is 10.4 Å². The van der Waals surface area contributed by atoms with Crippen LogP contribution >= 0.6 is 0 Å². The Morgan fingerprint density at radius 1 is 1.19 bits per heavy atom. The number of aliphatic hydroxyl groups is 1. The molecule has 0 fully saturated rings. The molecule has 1 amide bonds. The van der Waals surface area contributed by atoms with E-state index in [2.05, 4.69) is 17.2 Å². The molecule has 0 radical (unpaired) electrons. The molecule has 1 atom stereocenters. The number of benzene rings is 2. The lowest BCUT2D eigenvalue weighted by Gasteiger charge is -2.14. The van der Waals surface area contributed by atoms with Crippen molar-refractivity contribution in [2.24, 2.45) is 0 Å². The van der Waals surface area contributed by atoms with Crippen molar-refractivity contribution in [1.29, 1.82) is 0 Å². The highest BCUT2D eigenvalue weighted by Crippen LogP contribution is 2.14. The van der Waals surface area contributed by atoms with E-state index in [1.165, 1.54) is 0 Å². The molecule has 2 N–H and O–H groups in total. The summed E-state index contributed by atoms with van der Waals surface area (Å²) in [4.78, 5) is 12.1. The van der Waals surface area contributed by atoms with Crippen LogP contribution in [0, 0.1) is 11.8 Å². The van der Waals surface area contributed by atoms with Crippen LogP contribution in [-0.2, 0) is 0 Å². The first-order valence-corrected chi connectivity index (χ1v) is 6.76. The van der Waals surface area contributed by atoms with Crippen LogP contribution in [0.2, 0.25) is 0 Å². The van der Waals surface area contributed by atoms with Crippen molar-refractivity contribution < 1.29 is 9.90 Å². The highest BCUT2D eigenvalue weighted by atomic mass is 16.2. The molecule has 2 aromatic rings. The quantitative estimate of drug-likeness (QED) is 0.848. The van der Waals surface area contributed by atoms with Crippen LogP contribution in [-0.4, -0.2) is 17.6 Å². The molecule has 1 unspecified atom stereocenters. The van der Waals surface area contributed by atoms with Crippen LogP contribution in [0.25, 0.3) is 0 Å². The Morgan fingerprint density at radius 3 is 2.67 bits per heavy atom. The van der Waals surface area contributed by atoms with E-state index in [4.69, 9.17) is 5.11 Å². The zero-order valence-electron chi connectivity index (χ0n) is 11.8. The molecule has 0 aliphatic heterocycles. The van der Waals surface area contributed by atoms with Crippen molar-refractivity contribution in [2.75, 3.05) is 6.61 Å². The normalized spacial score (nSPS) is 11.1. The van der Waals surface area contributed by atoms with E-state index in [1.54, 1.807) is 12.1 Å². The summed E-state index contributed by atoms with van der Waals surface area (Å²) in [5.41, 5.74) is 2.44. The van der Waals surface area contributed by atoms with Crippen molar-refractivity contribution in [3.8, 4) is 11.8 Å². The average molecular weight is 279 g/mol. The van der Waals surface area contributed by atoms with Crippen molar-refractivity contribution in [3.63, 3.8) is 0 Å². The molecular formula is C18H17NO2. The highest BCUT2D eigenvalue weighted by molar-refractivity contribution is 5.94. The minimum atomic E-state index is -0.162. The number of carbonyl (C=O) groups excluding carboxylic acids is 1. The summed E-state index contributed by atoms with van der Waals surface area (Å²) in [7, 11) is 0. The van der Waals surface area contributed by atoms with Crippen LogP contribution in [0.1, 0.15) is 34.5 Å². The van der Waals surface area contributed by atoms with Gasteiger partial charge in [0, 0.05) is 11.1 Å². The molecule has 0 aromatic heterocycles. The van der Waals surface area contributed by atoms with Gasteiger partial charge in [0.1, 0.15) is 6.61 Å². The van der Waals surface area contributed by atoms with Crippen LogP contribution in [0.15, 0.2) is 54.6 Å². The van der Waals surface area contributed by atoms with Crippen LogP contribution in [0.3, 0.4) is 0 Å². The molecule has 21 heavy (non-hydrogen) atoms. The minimum Gasteiger partial charge on any atom is -0.384 e. The number of carbonyl (C=O) groups is 1. The summed E-state index contributed by atoms with van der Waals surface area (Å²) < 4.78 is 0. The summed E-state index contributed by atoms with van der Waals surface area (Å²) in [6.45, 7) is 1.77. The minimum absolute atomic E-state index is 0.102. The van der Waals surface area contributed by atoms with E-state index in [0.717, 1.165) is 11.1 Å². The van der Waals surface area contributed by atoms with E-state index in [9.17, 15) is 4.79 Å². The summed E-state index contributed by atoms with van der Waals surface area (Å²) >= 11 is 0. The topological polar surface area (TPSA) is 49.3 Å². The van der Waals surface area contributed by atoms with E-state index in [-0.39, 0.29) is 18.6 Å². The first-order valence-electron chi connectivity index (χ1n) is 6.76. The fraction of sp³-hybridized carbons (Fsp3) is 0.167. The number of nitrogens with one attached hydrogen (secondary N) is 1. The van der Waals surface area contributed by atoms with Gasteiger partial charge in [-0.1, -0.05) is 42.2 Å². The van der Waals surface area contributed by atoms with Gasteiger partial charge in [-0.3, -0.25) is 4.79 Å². The Bertz CT molecular complexity index is 668. The van der Waals surface area contributed by atoms with Crippen molar-refractivity contribution in [1.82, 2.24) is 5.32 Å². The van der Waals surface area contributed by atoms with Gasteiger partial charge in [0.15, 0.2) is 0 Å². The molecule has 0 aliphatic rings. The highest BCUT2D eigenvalue weighted by Gasteiger charge is 2.11. The molecule has 0 spiro atoms. The van der Waals surface area contributed by atoms with Gasteiger partial charge in [-0.25, -0.2) is 0 Å². The summed E-state index contributed by atoms with van der Waals surface area (Å²) in [6, 6.07) is 16.6. The molecule has 3 heteroatoms.